The number of carboxylic acid groups (broad SMARTS) is 1. The van der Waals surface area contributed by atoms with Crippen molar-refractivity contribution in [1.29, 1.82) is 0 Å². The lowest BCUT2D eigenvalue weighted by Crippen LogP contribution is -2.43. The number of hydrogen-bond acceptors (Lipinski definition) is 3. The van der Waals surface area contributed by atoms with Crippen LogP contribution in [0.15, 0.2) is 54.6 Å². The molecule has 0 unspecified atom stereocenters. The molecule has 0 amide bonds. The fourth-order valence-corrected chi connectivity index (χ4v) is 3.38. The van der Waals surface area contributed by atoms with Gasteiger partial charge in [0.1, 0.15) is 0 Å². The minimum absolute atomic E-state index is 0.344. The fourth-order valence-electron chi connectivity index (χ4n) is 3.38. The van der Waals surface area contributed by atoms with Crippen LogP contribution in [0.25, 0.3) is 0 Å². The van der Waals surface area contributed by atoms with E-state index in [4.69, 9.17) is 5.11 Å². The lowest BCUT2D eigenvalue weighted by atomic mass is 10.0. The van der Waals surface area contributed by atoms with E-state index in [1.807, 2.05) is 12.1 Å². The largest absolute Gasteiger partial charge is 0.478 e. The molecular formula is C20H24N2O2. The molecule has 2 aromatic carbocycles. The maximum absolute atomic E-state index is 10.9. The quantitative estimate of drug-likeness (QED) is 0.914. The number of nitrogens with zero attached hydrogens (tertiary/aromatic N) is 2. The van der Waals surface area contributed by atoms with Gasteiger partial charge in [-0.1, -0.05) is 30.3 Å². The SMILES string of the molecule is CN(Cc1ccccc1)C1CCN(c2ccc(C(=O)O)cc2)CC1. The Labute approximate surface area is 143 Å². The summed E-state index contributed by atoms with van der Waals surface area (Å²) in [6, 6.07) is 18.4. The van der Waals surface area contributed by atoms with E-state index in [1.54, 1.807) is 12.1 Å². The van der Waals surface area contributed by atoms with Crippen molar-refractivity contribution in [2.45, 2.75) is 25.4 Å². The van der Waals surface area contributed by atoms with Crippen molar-refractivity contribution in [3.05, 3.63) is 65.7 Å². The Morgan fingerprint density at radius 1 is 1.08 bits per heavy atom. The van der Waals surface area contributed by atoms with Crippen LogP contribution in [0.5, 0.6) is 0 Å². The molecule has 1 heterocycles. The molecule has 3 rings (SSSR count). The first-order valence-electron chi connectivity index (χ1n) is 8.46. The highest BCUT2D eigenvalue weighted by molar-refractivity contribution is 5.88. The van der Waals surface area contributed by atoms with E-state index in [0.29, 0.717) is 11.6 Å². The number of anilines is 1. The average molecular weight is 324 g/mol. The van der Waals surface area contributed by atoms with Crippen molar-refractivity contribution in [2.75, 3.05) is 25.0 Å². The van der Waals surface area contributed by atoms with Gasteiger partial charge < -0.3 is 10.0 Å². The van der Waals surface area contributed by atoms with Gasteiger partial charge in [0.05, 0.1) is 5.56 Å². The topological polar surface area (TPSA) is 43.8 Å². The Morgan fingerprint density at radius 2 is 1.71 bits per heavy atom. The second kappa shape index (κ2) is 7.49. The molecule has 4 nitrogen and oxygen atoms in total. The molecule has 126 valence electrons. The highest BCUT2D eigenvalue weighted by atomic mass is 16.4. The van der Waals surface area contributed by atoms with Crippen LogP contribution in [-0.2, 0) is 6.54 Å². The Kier molecular flexibility index (Phi) is 5.16. The summed E-state index contributed by atoms with van der Waals surface area (Å²) in [5, 5.41) is 8.98. The third-order valence-corrected chi connectivity index (χ3v) is 4.84. The summed E-state index contributed by atoms with van der Waals surface area (Å²) in [4.78, 5) is 15.7. The predicted molar refractivity (Wildman–Crippen MR) is 96.5 cm³/mol. The lowest BCUT2D eigenvalue weighted by Gasteiger charge is -2.38. The van der Waals surface area contributed by atoms with Gasteiger partial charge in [-0.15, -0.1) is 0 Å². The number of aromatic carboxylic acids is 1. The lowest BCUT2D eigenvalue weighted by molar-refractivity contribution is 0.0697. The highest BCUT2D eigenvalue weighted by Gasteiger charge is 2.22. The van der Waals surface area contributed by atoms with Crippen molar-refractivity contribution >= 4 is 11.7 Å². The van der Waals surface area contributed by atoms with Crippen LogP contribution in [0.4, 0.5) is 5.69 Å². The molecule has 1 saturated heterocycles. The smallest absolute Gasteiger partial charge is 0.335 e. The molecule has 1 N–H and O–H groups in total. The van der Waals surface area contributed by atoms with E-state index < -0.39 is 5.97 Å². The van der Waals surface area contributed by atoms with Gasteiger partial charge in [-0.2, -0.15) is 0 Å². The second-order valence-electron chi connectivity index (χ2n) is 6.47. The summed E-state index contributed by atoms with van der Waals surface area (Å²) in [6.07, 6.45) is 2.26. The number of hydrogen-bond donors (Lipinski definition) is 1. The summed E-state index contributed by atoms with van der Waals surface area (Å²) in [5.74, 6) is -0.872. The first-order chi connectivity index (χ1) is 11.6. The molecule has 1 aliphatic rings. The molecule has 0 saturated carbocycles. The molecule has 0 atom stereocenters. The van der Waals surface area contributed by atoms with Gasteiger partial charge in [-0.25, -0.2) is 4.79 Å². The van der Waals surface area contributed by atoms with Crippen molar-refractivity contribution < 1.29 is 9.90 Å². The first-order valence-corrected chi connectivity index (χ1v) is 8.46. The van der Waals surface area contributed by atoms with Crippen molar-refractivity contribution in [3.63, 3.8) is 0 Å². The molecular weight excluding hydrogens is 300 g/mol. The molecule has 0 bridgehead atoms. The van der Waals surface area contributed by atoms with Crippen LogP contribution in [0.1, 0.15) is 28.8 Å². The van der Waals surface area contributed by atoms with Gasteiger partial charge >= 0.3 is 5.97 Å². The summed E-state index contributed by atoms with van der Waals surface area (Å²) in [6.45, 7) is 3.01. The van der Waals surface area contributed by atoms with Gasteiger partial charge in [0.25, 0.3) is 0 Å². The van der Waals surface area contributed by atoms with Gasteiger partial charge in [-0.3, -0.25) is 4.90 Å². The number of rotatable bonds is 5. The van der Waals surface area contributed by atoms with Crippen LogP contribution in [-0.4, -0.2) is 42.2 Å². The van der Waals surface area contributed by atoms with E-state index in [1.165, 1.54) is 5.56 Å². The van der Waals surface area contributed by atoms with Crippen LogP contribution in [0.3, 0.4) is 0 Å². The third-order valence-electron chi connectivity index (χ3n) is 4.84. The molecule has 2 aromatic rings. The third kappa shape index (κ3) is 3.95. The Morgan fingerprint density at radius 3 is 2.29 bits per heavy atom. The van der Waals surface area contributed by atoms with Crippen molar-refractivity contribution in [3.8, 4) is 0 Å². The fraction of sp³-hybridized carbons (Fsp3) is 0.350. The van der Waals surface area contributed by atoms with Gasteiger partial charge in [0, 0.05) is 31.4 Å². The zero-order valence-electron chi connectivity index (χ0n) is 14.1. The summed E-state index contributed by atoms with van der Waals surface area (Å²) >= 11 is 0. The maximum Gasteiger partial charge on any atom is 0.335 e. The molecule has 0 radical (unpaired) electrons. The van der Waals surface area contributed by atoms with E-state index >= 15 is 0 Å². The van der Waals surface area contributed by atoms with Crippen LogP contribution >= 0.6 is 0 Å². The Balaban J connectivity index is 1.54. The summed E-state index contributed by atoms with van der Waals surface area (Å²) in [7, 11) is 2.20. The minimum atomic E-state index is -0.872. The van der Waals surface area contributed by atoms with Gasteiger partial charge in [0.2, 0.25) is 0 Å². The zero-order valence-corrected chi connectivity index (χ0v) is 14.1. The highest BCUT2D eigenvalue weighted by Crippen LogP contribution is 2.23. The monoisotopic (exact) mass is 324 g/mol. The van der Waals surface area contributed by atoms with Crippen LogP contribution in [0, 0.1) is 0 Å². The molecule has 0 aliphatic carbocycles. The van der Waals surface area contributed by atoms with E-state index in [0.717, 1.165) is 38.2 Å². The molecule has 0 spiro atoms. The van der Waals surface area contributed by atoms with Crippen LogP contribution in [0.2, 0.25) is 0 Å². The number of carboxylic acids is 1. The Hall–Kier alpha value is -2.33. The van der Waals surface area contributed by atoms with Gasteiger partial charge in [0.15, 0.2) is 0 Å². The van der Waals surface area contributed by atoms with Gasteiger partial charge in [-0.05, 0) is 49.7 Å². The molecule has 1 aliphatic heterocycles. The van der Waals surface area contributed by atoms with Crippen molar-refractivity contribution in [1.82, 2.24) is 4.90 Å². The first kappa shape index (κ1) is 16.5. The van der Waals surface area contributed by atoms with Crippen LogP contribution < -0.4 is 4.90 Å². The molecule has 0 aromatic heterocycles. The predicted octanol–water partition coefficient (Wildman–Crippen LogP) is 3.49. The van der Waals surface area contributed by atoms with E-state index in [-0.39, 0.29) is 0 Å². The molecule has 4 heteroatoms. The van der Waals surface area contributed by atoms with E-state index in [2.05, 4.69) is 47.2 Å². The maximum atomic E-state index is 10.9. The normalized spacial score (nSPS) is 15.7. The zero-order chi connectivity index (χ0) is 16.9. The molecule has 24 heavy (non-hydrogen) atoms. The minimum Gasteiger partial charge on any atom is -0.478 e. The summed E-state index contributed by atoms with van der Waals surface area (Å²) in [5.41, 5.74) is 2.81. The standard InChI is InChI=1S/C20H24N2O2/c1-21(15-16-5-3-2-4-6-16)18-11-13-22(14-12-18)19-9-7-17(8-10-19)20(23)24/h2-10,18H,11-15H2,1H3,(H,23,24). The number of piperidine rings is 1. The number of carbonyl (C=O) groups is 1. The van der Waals surface area contributed by atoms with E-state index in [9.17, 15) is 4.79 Å². The molecule has 1 fully saturated rings. The Bertz CT molecular complexity index is 662. The average Bonchev–Trinajstić information content (AvgIpc) is 2.63. The number of benzene rings is 2. The summed E-state index contributed by atoms with van der Waals surface area (Å²) < 4.78 is 0. The van der Waals surface area contributed by atoms with Crippen molar-refractivity contribution in [2.24, 2.45) is 0 Å². The second-order valence-corrected chi connectivity index (χ2v) is 6.47.